The van der Waals surface area contributed by atoms with Gasteiger partial charge in [-0.05, 0) is 31.3 Å². The quantitative estimate of drug-likeness (QED) is 0.0736. The van der Waals surface area contributed by atoms with Crippen LogP contribution in [0.5, 0.6) is 0 Å². The van der Waals surface area contributed by atoms with Gasteiger partial charge in [-0.25, -0.2) is 0 Å². The molecule has 8 heteroatoms. The second-order valence-corrected chi connectivity index (χ2v) is 12.8. The summed E-state index contributed by atoms with van der Waals surface area (Å²) in [5, 5.41) is 8.87. The van der Waals surface area contributed by atoms with Crippen molar-refractivity contribution in [3.05, 3.63) is 0 Å². The SMILES string of the molecule is CC(O)C[N+](C)(C)C.CCCCCCCCCCCCCCCCCCSCCCO[PH](=O)O.[OH-]. The van der Waals surface area contributed by atoms with Crippen LogP contribution < -0.4 is 0 Å². The maximum atomic E-state index is 10.4. The zero-order valence-corrected chi connectivity index (χ0v) is 25.8. The molecule has 3 N–H and O–H groups in total. The molecular weight excluding hydrogens is 481 g/mol. The van der Waals surface area contributed by atoms with Crippen LogP contribution in [-0.2, 0) is 9.09 Å². The summed E-state index contributed by atoms with van der Waals surface area (Å²) in [6.45, 7) is 5.33. The molecule has 0 aromatic carbocycles. The van der Waals surface area contributed by atoms with Gasteiger partial charge in [-0.3, -0.25) is 4.57 Å². The van der Waals surface area contributed by atoms with E-state index in [-0.39, 0.29) is 11.6 Å². The maximum absolute atomic E-state index is 10.4. The number of likely N-dealkylation sites (N-methyl/N-ethyl adjacent to an activating group) is 1. The van der Waals surface area contributed by atoms with Crippen molar-refractivity contribution in [1.82, 2.24) is 0 Å². The highest BCUT2D eigenvalue weighted by Crippen LogP contribution is 2.16. The highest BCUT2D eigenvalue weighted by Gasteiger charge is 2.09. The van der Waals surface area contributed by atoms with Crippen LogP contribution >= 0.6 is 20.0 Å². The highest BCUT2D eigenvalue weighted by molar-refractivity contribution is 7.99. The predicted octanol–water partition coefficient (Wildman–Crippen LogP) is 7.67. The topological polar surface area (TPSA) is 96.8 Å². The van der Waals surface area contributed by atoms with E-state index < -0.39 is 8.25 Å². The fourth-order valence-corrected chi connectivity index (χ4v) is 5.22. The van der Waals surface area contributed by atoms with Gasteiger partial charge >= 0.3 is 8.25 Å². The summed E-state index contributed by atoms with van der Waals surface area (Å²) in [6.07, 6.45) is 23.3. The summed E-state index contributed by atoms with van der Waals surface area (Å²) in [5.74, 6) is 2.25. The monoisotopic (exact) mass is 543 g/mol. The van der Waals surface area contributed by atoms with E-state index >= 15 is 0 Å². The number of hydrogen-bond acceptors (Lipinski definition) is 5. The zero-order chi connectivity index (χ0) is 25.9. The molecule has 2 unspecified atom stereocenters. The molecule has 0 saturated carbocycles. The zero-order valence-electron chi connectivity index (χ0n) is 23.9. The third kappa shape index (κ3) is 44.8. The molecule has 0 radical (unpaired) electrons. The number of quaternary nitrogens is 1. The minimum Gasteiger partial charge on any atom is -0.870 e. The van der Waals surface area contributed by atoms with E-state index in [9.17, 15) is 4.57 Å². The molecule has 216 valence electrons. The average molecular weight is 544 g/mol. The largest absolute Gasteiger partial charge is 0.870 e. The number of hydrogen-bond donors (Lipinski definition) is 2. The van der Waals surface area contributed by atoms with Crippen molar-refractivity contribution in [3.8, 4) is 0 Å². The van der Waals surface area contributed by atoms with Crippen molar-refractivity contribution < 1.29 is 29.0 Å². The number of aliphatic hydroxyl groups excluding tert-OH is 1. The maximum Gasteiger partial charge on any atom is 0.316 e. The van der Waals surface area contributed by atoms with E-state index in [0.717, 1.165) is 23.2 Å². The van der Waals surface area contributed by atoms with Crippen LogP contribution in [0.15, 0.2) is 0 Å². The second kappa shape index (κ2) is 30.6. The van der Waals surface area contributed by atoms with Crippen LogP contribution in [0.1, 0.15) is 123 Å². The van der Waals surface area contributed by atoms with Gasteiger partial charge in [0.1, 0.15) is 12.6 Å². The summed E-state index contributed by atoms with van der Waals surface area (Å²) in [6, 6.07) is 0. The molecule has 0 rings (SSSR count). The van der Waals surface area contributed by atoms with Crippen LogP contribution in [0.3, 0.4) is 0 Å². The lowest BCUT2D eigenvalue weighted by Crippen LogP contribution is -2.40. The smallest absolute Gasteiger partial charge is 0.316 e. The molecule has 0 aromatic heterocycles. The van der Waals surface area contributed by atoms with Crippen molar-refractivity contribution in [1.29, 1.82) is 0 Å². The minimum absolute atomic E-state index is 0. The second-order valence-electron chi connectivity index (χ2n) is 10.7. The Labute approximate surface area is 223 Å². The molecule has 0 aliphatic rings. The van der Waals surface area contributed by atoms with Crippen LogP contribution in [0.4, 0.5) is 0 Å². The molecule has 0 aliphatic heterocycles. The summed E-state index contributed by atoms with van der Waals surface area (Å²) >= 11 is 1.94. The molecule has 6 nitrogen and oxygen atoms in total. The molecule has 0 amide bonds. The number of thioether (sulfide) groups is 1. The third-order valence-electron chi connectivity index (χ3n) is 5.61. The average Bonchev–Trinajstić information content (AvgIpc) is 2.73. The lowest BCUT2D eigenvalue weighted by Gasteiger charge is -2.24. The molecule has 2 atom stereocenters. The first-order valence-electron chi connectivity index (χ1n) is 14.1. The fourth-order valence-electron chi connectivity index (χ4n) is 3.97. The standard InChI is InChI=1S/C21H45O3PS.C6H16NO.H2O/c1-2-3-4-5-6-7-8-9-10-11-12-13-14-15-16-17-20-26-21-18-19-24-25(22)23;1-6(8)5-7(2,3)4;/h25H,2-21H2,1H3,(H,22,23);6,8H,5H2,1-4H3;1H2/q;+1;/p-1. The van der Waals surface area contributed by atoms with Gasteiger partial charge in [-0.2, -0.15) is 11.8 Å². The molecule has 0 aliphatic carbocycles. The summed E-state index contributed by atoms with van der Waals surface area (Å²) in [7, 11) is 3.47. The van der Waals surface area contributed by atoms with Gasteiger partial charge in [0.05, 0.1) is 27.7 Å². The van der Waals surface area contributed by atoms with Gasteiger partial charge in [0.15, 0.2) is 0 Å². The lowest BCUT2D eigenvalue weighted by atomic mass is 10.0. The van der Waals surface area contributed by atoms with E-state index in [0.29, 0.717) is 6.61 Å². The Hall–Kier alpha value is 0.380. The summed E-state index contributed by atoms with van der Waals surface area (Å²) in [5.41, 5.74) is 0. The first-order valence-corrected chi connectivity index (χ1v) is 16.5. The van der Waals surface area contributed by atoms with Gasteiger partial charge < -0.3 is 24.5 Å². The number of nitrogens with zero attached hydrogens (tertiary/aromatic N) is 1. The van der Waals surface area contributed by atoms with E-state index in [4.69, 9.17) is 10.00 Å². The van der Waals surface area contributed by atoms with E-state index in [1.165, 1.54) is 108 Å². The number of aliphatic hydroxyl groups is 1. The molecule has 0 aromatic rings. The van der Waals surface area contributed by atoms with Crippen LogP contribution in [0.2, 0.25) is 0 Å². The van der Waals surface area contributed by atoms with Crippen molar-refractivity contribution in [2.45, 2.75) is 129 Å². The van der Waals surface area contributed by atoms with E-state index in [2.05, 4.69) is 32.6 Å². The molecule has 0 fully saturated rings. The van der Waals surface area contributed by atoms with Crippen LogP contribution in [-0.4, -0.2) is 71.9 Å². The Kier molecular flexibility index (Phi) is 34.9. The van der Waals surface area contributed by atoms with Gasteiger partial charge in [0.25, 0.3) is 0 Å². The van der Waals surface area contributed by atoms with Gasteiger partial charge in [-0.15, -0.1) is 0 Å². The van der Waals surface area contributed by atoms with Crippen molar-refractivity contribution in [2.24, 2.45) is 0 Å². The Morgan fingerprint density at radius 2 is 1.11 bits per heavy atom. The lowest BCUT2D eigenvalue weighted by molar-refractivity contribution is -0.873. The summed E-state index contributed by atoms with van der Waals surface area (Å²) in [4.78, 5) is 8.53. The molecule has 0 spiro atoms. The molecule has 0 heterocycles. The van der Waals surface area contributed by atoms with Crippen molar-refractivity contribution in [3.63, 3.8) is 0 Å². The van der Waals surface area contributed by atoms with Gasteiger partial charge in [-0.1, -0.05) is 103 Å². The van der Waals surface area contributed by atoms with Gasteiger partial charge in [0, 0.05) is 0 Å². The number of rotatable bonds is 24. The van der Waals surface area contributed by atoms with E-state index in [1.54, 1.807) is 0 Å². The Morgan fingerprint density at radius 1 is 0.743 bits per heavy atom. The van der Waals surface area contributed by atoms with E-state index in [1.807, 2.05) is 18.7 Å². The highest BCUT2D eigenvalue weighted by atomic mass is 32.2. The first kappa shape index (κ1) is 39.9. The summed E-state index contributed by atoms with van der Waals surface area (Å²) < 4.78 is 15.9. The third-order valence-corrected chi connectivity index (χ3v) is 7.22. The molecule has 0 saturated heterocycles. The van der Waals surface area contributed by atoms with Crippen molar-refractivity contribution in [2.75, 3.05) is 45.8 Å². The minimum atomic E-state index is -2.72. The Bertz CT molecular complexity index is 423. The van der Waals surface area contributed by atoms with Crippen LogP contribution in [0, 0.1) is 0 Å². The first-order chi connectivity index (χ1) is 16.2. The Balaban J connectivity index is -0.000000972. The van der Waals surface area contributed by atoms with Crippen molar-refractivity contribution >= 4 is 20.0 Å². The normalized spacial score (nSPS) is 13.0. The Morgan fingerprint density at radius 3 is 1.43 bits per heavy atom. The molecular formula is C27H62NO5PS. The fraction of sp³-hybridized carbons (Fsp3) is 1.00. The predicted molar refractivity (Wildman–Crippen MR) is 155 cm³/mol. The van der Waals surface area contributed by atoms with Crippen LogP contribution in [0.25, 0.3) is 0 Å². The molecule has 35 heavy (non-hydrogen) atoms. The van der Waals surface area contributed by atoms with Gasteiger partial charge in [0.2, 0.25) is 0 Å². The molecule has 0 bridgehead atoms. The number of unbranched alkanes of at least 4 members (excludes halogenated alkanes) is 15.